The van der Waals surface area contributed by atoms with Crippen molar-refractivity contribution in [1.29, 1.82) is 0 Å². The topological polar surface area (TPSA) is 55.6 Å². The number of ether oxygens (including phenoxy) is 1. The lowest BCUT2D eigenvalue weighted by atomic mass is 10.1. The van der Waals surface area contributed by atoms with Gasteiger partial charge >= 0.3 is 0 Å². The van der Waals surface area contributed by atoms with Crippen LogP contribution >= 0.6 is 11.6 Å². The minimum absolute atomic E-state index is 0.0134. The van der Waals surface area contributed by atoms with E-state index < -0.39 is 6.04 Å². The molecule has 20 heavy (non-hydrogen) atoms. The van der Waals surface area contributed by atoms with E-state index in [0.29, 0.717) is 30.6 Å². The van der Waals surface area contributed by atoms with Gasteiger partial charge in [0.05, 0.1) is 6.04 Å². The molecule has 1 aliphatic rings. The number of benzene rings is 1. The Balaban J connectivity index is 1.99. The highest BCUT2D eigenvalue weighted by molar-refractivity contribution is 6.30. The largest absolute Gasteiger partial charge is 0.385 e. The highest BCUT2D eigenvalue weighted by Crippen LogP contribution is 2.29. The van der Waals surface area contributed by atoms with Gasteiger partial charge in [-0.3, -0.25) is 4.79 Å². The Morgan fingerprint density at radius 1 is 1.45 bits per heavy atom. The Morgan fingerprint density at radius 2 is 2.10 bits per heavy atom. The summed E-state index contributed by atoms with van der Waals surface area (Å²) < 4.78 is 4.98. The first-order chi connectivity index (χ1) is 9.61. The van der Waals surface area contributed by atoms with Gasteiger partial charge in [0.1, 0.15) is 0 Å². The minimum Gasteiger partial charge on any atom is -0.385 e. The van der Waals surface area contributed by atoms with Crippen molar-refractivity contribution in [3.8, 4) is 0 Å². The summed E-state index contributed by atoms with van der Waals surface area (Å²) >= 11 is 5.88. The van der Waals surface area contributed by atoms with Gasteiger partial charge in [0.15, 0.2) is 0 Å². The molecule has 1 aromatic rings. The Kier molecular flexibility index (Phi) is 5.40. The molecule has 2 N–H and O–H groups in total. The van der Waals surface area contributed by atoms with Crippen LogP contribution in [0.3, 0.4) is 0 Å². The number of methoxy groups -OCH3 is 1. The Hall–Kier alpha value is -1.10. The predicted molar refractivity (Wildman–Crippen MR) is 79.5 cm³/mol. The van der Waals surface area contributed by atoms with E-state index in [-0.39, 0.29) is 5.91 Å². The maximum Gasteiger partial charge on any atom is 0.240 e. The third kappa shape index (κ3) is 4.20. The van der Waals surface area contributed by atoms with Gasteiger partial charge in [-0.05, 0) is 37.0 Å². The standard InChI is InChI=1S/C15H21ClN2O2/c1-20-9-8-14(17)15(19)18(13-6-7-13)10-11-2-4-12(16)5-3-11/h2-5,13-14H,6-10,17H2,1H3. The zero-order valence-electron chi connectivity index (χ0n) is 11.7. The fraction of sp³-hybridized carbons (Fsp3) is 0.533. The molecule has 1 aromatic carbocycles. The maximum absolute atomic E-state index is 12.4. The van der Waals surface area contributed by atoms with Crippen molar-refractivity contribution in [2.45, 2.75) is 37.9 Å². The first kappa shape index (κ1) is 15.3. The van der Waals surface area contributed by atoms with Crippen LogP contribution < -0.4 is 5.73 Å². The Labute approximate surface area is 124 Å². The van der Waals surface area contributed by atoms with E-state index in [1.54, 1.807) is 7.11 Å². The van der Waals surface area contributed by atoms with Crippen molar-refractivity contribution in [1.82, 2.24) is 4.90 Å². The highest BCUT2D eigenvalue weighted by Gasteiger charge is 2.34. The van der Waals surface area contributed by atoms with Crippen molar-refractivity contribution in [2.24, 2.45) is 5.73 Å². The van der Waals surface area contributed by atoms with Gasteiger partial charge < -0.3 is 15.4 Å². The molecule has 0 aromatic heterocycles. The van der Waals surface area contributed by atoms with Crippen LogP contribution in [-0.2, 0) is 16.1 Å². The number of hydrogen-bond donors (Lipinski definition) is 1. The quantitative estimate of drug-likeness (QED) is 0.839. The predicted octanol–water partition coefficient (Wildman–Crippen LogP) is 2.19. The molecule has 110 valence electrons. The van der Waals surface area contributed by atoms with Gasteiger partial charge in [0.2, 0.25) is 5.91 Å². The maximum atomic E-state index is 12.4. The Morgan fingerprint density at radius 3 is 2.65 bits per heavy atom. The summed E-state index contributed by atoms with van der Waals surface area (Å²) in [7, 11) is 1.61. The van der Waals surface area contributed by atoms with Crippen molar-refractivity contribution >= 4 is 17.5 Å². The molecular weight excluding hydrogens is 276 g/mol. The summed E-state index contributed by atoms with van der Waals surface area (Å²) in [6.45, 7) is 1.10. The number of rotatable bonds is 7. The molecule has 0 bridgehead atoms. The summed E-state index contributed by atoms with van der Waals surface area (Å²) in [5, 5.41) is 0.704. The second-order valence-electron chi connectivity index (χ2n) is 5.21. The molecule has 0 heterocycles. The van der Waals surface area contributed by atoms with Crippen molar-refractivity contribution in [2.75, 3.05) is 13.7 Å². The number of nitrogens with zero attached hydrogens (tertiary/aromatic N) is 1. The molecule has 1 saturated carbocycles. The lowest BCUT2D eigenvalue weighted by Crippen LogP contribution is -2.45. The van der Waals surface area contributed by atoms with E-state index >= 15 is 0 Å². The summed E-state index contributed by atoms with van der Waals surface area (Å²) in [6.07, 6.45) is 2.69. The fourth-order valence-corrected chi connectivity index (χ4v) is 2.27. The average molecular weight is 297 g/mol. The molecule has 5 heteroatoms. The fourth-order valence-electron chi connectivity index (χ4n) is 2.14. The molecule has 0 saturated heterocycles. The van der Waals surface area contributed by atoms with E-state index in [4.69, 9.17) is 22.1 Å². The molecule has 2 rings (SSSR count). The van der Waals surface area contributed by atoms with Crippen LogP contribution in [0, 0.1) is 0 Å². The molecule has 1 amide bonds. The molecule has 4 nitrogen and oxygen atoms in total. The van der Waals surface area contributed by atoms with Gasteiger partial charge in [-0.25, -0.2) is 0 Å². The van der Waals surface area contributed by atoms with Crippen LogP contribution in [0.25, 0.3) is 0 Å². The van der Waals surface area contributed by atoms with E-state index in [9.17, 15) is 4.79 Å². The van der Waals surface area contributed by atoms with Crippen LogP contribution in [0.1, 0.15) is 24.8 Å². The van der Waals surface area contributed by atoms with Crippen LogP contribution in [0.2, 0.25) is 5.02 Å². The van der Waals surface area contributed by atoms with Gasteiger partial charge in [0, 0.05) is 31.3 Å². The van der Waals surface area contributed by atoms with E-state index in [0.717, 1.165) is 18.4 Å². The molecule has 0 radical (unpaired) electrons. The number of amides is 1. The average Bonchev–Trinajstić information content (AvgIpc) is 3.28. The number of halogens is 1. The van der Waals surface area contributed by atoms with Gasteiger partial charge in [0.25, 0.3) is 0 Å². The summed E-state index contributed by atoms with van der Waals surface area (Å²) in [5.74, 6) is 0.0134. The molecule has 1 fully saturated rings. The monoisotopic (exact) mass is 296 g/mol. The summed E-state index contributed by atoms with van der Waals surface area (Å²) in [5.41, 5.74) is 7.03. The van der Waals surface area contributed by atoms with Gasteiger partial charge in [-0.15, -0.1) is 0 Å². The third-order valence-electron chi connectivity index (χ3n) is 3.49. The van der Waals surface area contributed by atoms with Crippen LogP contribution in [0.15, 0.2) is 24.3 Å². The minimum atomic E-state index is -0.483. The molecule has 1 atom stereocenters. The second-order valence-corrected chi connectivity index (χ2v) is 5.65. The van der Waals surface area contributed by atoms with E-state index in [1.165, 1.54) is 0 Å². The van der Waals surface area contributed by atoms with Crippen molar-refractivity contribution in [3.63, 3.8) is 0 Å². The van der Waals surface area contributed by atoms with Crippen molar-refractivity contribution < 1.29 is 9.53 Å². The SMILES string of the molecule is COCCC(N)C(=O)N(Cc1ccc(Cl)cc1)C1CC1. The van der Waals surface area contributed by atoms with E-state index in [2.05, 4.69) is 0 Å². The third-order valence-corrected chi connectivity index (χ3v) is 3.74. The van der Waals surface area contributed by atoms with Crippen LogP contribution in [0.5, 0.6) is 0 Å². The van der Waals surface area contributed by atoms with Gasteiger partial charge in [-0.1, -0.05) is 23.7 Å². The summed E-state index contributed by atoms with van der Waals surface area (Å²) in [4.78, 5) is 14.3. The molecule has 0 aliphatic heterocycles. The zero-order valence-corrected chi connectivity index (χ0v) is 12.5. The second kappa shape index (κ2) is 7.07. The number of carbonyl (C=O) groups is 1. The molecule has 1 unspecified atom stereocenters. The van der Waals surface area contributed by atoms with Crippen LogP contribution in [-0.4, -0.2) is 36.6 Å². The number of nitrogens with two attached hydrogens (primary N) is 1. The lowest BCUT2D eigenvalue weighted by molar-refractivity contribution is -0.134. The number of hydrogen-bond acceptors (Lipinski definition) is 3. The molecule has 0 spiro atoms. The lowest BCUT2D eigenvalue weighted by Gasteiger charge is -2.25. The summed E-state index contributed by atoms with van der Waals surface area (Å²) in [6, 6.07) is 7.45. The van der Waals surface area contributed by atoms with Gasteiger partial charge in [-0.2, -0.15) is 0 Å². The van der Waals surface area contributed by atoms with Crippen LogP contribution in [0.4, 0.5) is 0 Å². The first-order valence-electron chi connectivity index (χ1n) is 6.91. The molecule has 1 aliphatic carbocycles. The Bertz CT molecular complexity index is 446. The first-order valence-corrected chi connectivity index (χ1v) is 7.29. The van der Waals surface area contributed by atoms with E-state index in [1.807, 2.05) is 29.2 Å². The zero-order chi connectivity index (χ0) is 14.5. The van der Waals surface area contributed by atoms with Crippen molar-refractivity contribution in [3.05, 3.63) is 34.9 Å². The number of carbonyl (C=O) groups excluding carboxylic acids is 1. The smallest absolute Gasteiger partial charge is 0.240 e. The highest BCUT2D eigenvalue weighted by atomic mass is 35.5. The normalized spacial score (nSPS) is 15.9. The molecular formula is C15H21ClN2O2.